The minimum absolute atomic E-state index is 0.0563. The van der Waals surface area contributed by atoms with Gasteiger partial charge < -0.3 is 16.8 Å². The molecule has 5 N–H and O–H groups in total. The molecule has 1 aromatic rings. The molecule has 0 saturated carbocycles. The molecule has 0 heterocycles. The summed E-state index contributed by atoms with van der Waals surface area (Å²) >= 11 is 0. The number of hydrogen-bond acceptors (Lipinski definition) is 4. The van der Waals surface area contributed by atoms with E-state index in [4.69, 9.17) is 11.5 Å². The maximum Gasteiger partial charge on any atom is 0.240 e. The van der Waals surface area contributed by atoms with Gasteiger partial charge in [0.2, 0.25) is 5.91 Å². The van der Waals surface area contributed by atoms with E-state index in [-0.39, 0.29) is 11.7 Å². The van der Waals surface area contributed by atoms with E-state index in [0.717, 1.165) is 0 Å². The molecule has 0 fully saturated rings. The predicted octanol–water partition coefficient (Wildman–Crippen LogP) is 1.39. The Balaban J connectivity index is 3.01. The highest BCUT2D eigenvalue weighted by Crippen LogP contribution is 2.20. The summed E-state index contributed by atoms with van der Waals surface area (Å²) in [6, 6.07) is 4.52. The highest BCUT2D eigenvalue weighted by atomic mass is 16.1. The Labute approximate surface area is 107 Å². The lowest BCUT2D eigenvalue weighted by molar-refractivity contribution is -0.119. The van der Waals surface area contributed by atoms with Crippen molar-refractivity contribution in [1.29, 1.82) is 0 Å². The SMILES string of the molecule is CC(=O)c1cc(NC(C(N)=O)C(C)C)ccc1N. The Morgan fingerprint density at radius 2 is 1.89 bits per heavy atom. The van der Waals surface area contributed by atoms with Crippen LogP contribution in [0.4, 0.5) is 11.4 Å². The summed E-state index contributed by atoms with van der Waals surface area (Å²) in [6.07, 6.45) is 0. The lowest BCUT2D eigenvalue weighted by Gasteiger charge is -2.20. The number of nitrogens with one attached hydrogen (secondary N) is 1. The minimum Gasteiger partial charge on any atom is -0.398 e. The maximum atomic E-state index is 11.4. The van der Waals surface area contributed by atoms with Crippen LogP contribution in [0, 0.1) is 5.92 Å². The van der Waals surface area contributed by atoms with Crippen molar-refractivity contribution < 1.29 is 9.59 Å². The largest absolute Gasteiger partial charge is 0.398 e. The number of benzene rings is 1. The first-order valence-electron chi connectivity index (χ1n) is 5.79. The van der Waals surface area contributed by atoms with Crippen LogP contribution in [0.3, 0.4) is 0 Å². The van der Waals surface area contributed by atoms with Gasteiger partial charge in [0.1, 0.15) is 6.04 Å². The Hall–Kier alpha value is -2.04. The number of primary amides is 1. The zero-order chi connectivity index (χ0) is 13.9. The van der Waals surface area contributed by atoms with Crippen molar-refractivity contribution in [3.05, 3.63) is 23.8 Å². The average Bonchev–Trinajstić information content (AvgIpc) is 2.26. The molecule has 0 aliphatic rings. The van der Waals surface area contributed by atoms with Crippen LogP contribution in [-0.2, 0) is 4.79 Å². The molecule has 0 aromatic heterocycles. The number of hydrogen-bond donors (Lipinski definition) is 3. The van der Waals surface area contributed by atoms with E-state index in [1.54, 1.807) is 18.2 Å². The van der Waals surface area contributed by atoms with Crippen molar-refractivity contribution in [3.8, 4) is 0 Å². The Kier molecular flexibility index (Phi) is 4.31. The fourth-order valence-electron chi connectivity index (χ4n) is 1.70. The molecule has 1 rings (SSSR count). The van der Waals surface area contributed by atoms with Gasteiger partial charge in [-0.3, -0.25) is 9.59 Å². The second-order valence-electron chi connectivity index (χ2n) is 4.63. The summed E-state index contributed by atoms with van der Waals surface area (Å²) in [5.74, 6) is -0.483. The molecule has 1 atom stereocenters. The van der Waals surface area contributed by atoms with Crippen molar-refractivity contribution in [3.63, 3.8) is 0 Å². The average molecular weight is 249 g/mol. The highest BCUT2D eigenvalue weighted by molar-refractivity contribution is 6.00. The van der Waals surface area contributed by atoms with E-state index in [0.29, 0.717) is 16.9 Å². The van der Waals surface area contributed by atoms with Gasteiger partial charge in [0, 0.05) is 16.9 Å². The molecule has 0 aliphatic heterocycles. The molecule has 98 valence electrons. The van der Waals surface area contributed by atoms with Crippen LogP contribution in [0.25, 0.3) is 0 Å². The Morgan fingerprint density at radius 1 is 1.28 bits per heavy atom. The van der Waals surface area contributed by atoms with E-state index < -0.39 is 11.9 Å². The third kappa shape index (κ3) is 3.23. The second-order valence-corrected chi connectivity index (χ2v) is 4.63. The number of carbonyl (C=O) groups is 2. The summed E-state index contributed by atoms with van der Waals surface area (Å²) < 4.78 is 0. The van der Waals surface area contributed by atoms with Crippen LogP contribution in [0.15, 0.2) is 18.2 Å². The summed E-state index contributed by atoms with van der Waals surface area (Å²) in [5, 5.41) is 3.02. The maximum absolute atomic E-state index is 11.4. The quantitative estimate of drug-likeness (QED) is 0.542. The zero-order valence-electron chi connectivity index (χ0n) is 10.9. The van der Waals surface area contributed by atoms with Crippen molar-refractivity contribution in [2.75, 3.05) is 11.1 Å². The lowest BCUT2D eigenvalue weighted by atomic mass is 10.0. The first-order valence-corrected chi connectivity index (χ1v) is 5.79. The molecular weight excluding hydrogens is 230 g/mol. The standard InChI is InChI=1S/C13H19N3O2/c1-7(2)12(13(15)18)16-9-4-5-11(14)10(6-9)8(3)17/h4-7,12,16H,14H2,1-3H3,(H2,15,18). The summed E-state index contributed by atoms with van der Waals surface area (Å²) in [5.41, 5.74) is 12.5. The topological polar surface area (TPSA) is 98.2 Å². The van der Waals surface area contributed by atoms with E-state index in [2.05, 4.69) is 5.32 Å². The third-order valence-corrected chi connectivity index (χ3v) is 2.73. The molecule has 0 saturated heterocycles. The first-order chi connectivity index (χ1) is 8.32. The summed E-state index contributed by atoms with van der Waals surface area (Å²) in [6.45, 7) is 5.24. The molecule has 1 unspecified atom stereocenters. The van der Waals surface area contributed by atoms with Crippen LogP contribution in [0.2, 0.25) is 0 Å². The number of rotatable bonds is 5. The van der Waals surface area contributed by atoms with Gasteiger partial charge in [0.05, 0.1) is 0 Å². The summed E-state index contributed by atoms with van der Waals surface area (Å²) in [7, 11) is 0. The van der Waals surface area contributed by atoms with E-state index in [1.807, 2.05) is 13.8 Å². The smallest absolute Gasteiger partial charge is 0.240 e. The van der Waals surface area contributed by atoms with Crippen LogP contribution in [0.5, 0.6) is 0 Å². The first kappa shape index (κ1) is 14.0. The molecular formula is C13H19N3O2. The number of ketones is 1. The molecule has 0 aliphatic carbocycles. The number of nitrogens with two attached hydrogens (primary N) is 2. The van der Waals surface area contributed by atoms with Gasteiger partial charge in [-0.15, -0.1) is 0 Å². The Bertz CT molecular complexity index is 469. The van der Waals surface area contributed by atoms with Crippen LogP contribution in [0.1, 0.15) is 31.1 Å². The molecule has 5 heteroatoms. The van der Waals surface area contributed by atoms with E-state index in [1.165, 1.54) is 6.92 Å². The van der Waals surface area contributed by atoms with Gasteiger partial charge in [-0.25, -0.2) is 0 Å². The predicted molar refractivity (Wildman–Crippen MR) is 72.3 cm³/mol. The molecule has 1 amide bonds. The van der Waals surface area contributed by atoms with Gasteiger partial charge in [-0.2, -0.15) is 0 Å². The molecule has 0 spiro atoms. The molecule has 5 nitrogen and oxygen atoms in total. The fourth-order valence-corrected chi connectivity index (χ4v) is 1.70. The van der Waals surface area contributed by atoms with E-state index >= 15 is 0 Å². The summed E-state index contributed by atoms with van der Waals surface area (Å²) in [4.78, 5) is 22.7. The van der Waals surface area contributed by atoms with Crippen LogP contribution >= 0.6 is 0 Å². The van der Waals surface area contributed by atoms with Gasteiger partial charge in [-0.05, 0) is 31.0 Å². The van der Waals surface area contributed by atoms with Crippen molar-refractivity contribution in [2.45, 2.75) is 26.8 Å². The highest BCUT2D eigenvalue weighted by Gasteiger charge is 2.19. The number of Topliss-reactive ketones (excluding diaryl/α,β-unsaturated/α-hetero) is 1. The van der Waals surface area contributed by atoms with Crippen molar-refractivity contribution in [1.82, 2.24) is 0 Å². The fraction of sp³-hybridized carbons (Fsp3) is 0.385. The van der Waals surface area contributed by atoms with Crippen LogP contribution < -0.4 is 16.8 Å². The van der Waals surface area contributed by atoms with Crippen LogP contribution in [-0.4, -0.2) is 17.7 Å². The number of amides is 1. The van der Waals surface area contributed by atoms with Gasteiger partial charge in [-0.1, -0.05) is 13.8 Å². The minimum atomic E-state index is -0.478. The van der Waals surface area contributed by atoms with Gasteiger partial charge >= 0.3 is 0 Å². The molecule has 0 radical (unpaired) electrons. The monoisotopic (exact) mass is 249 g/mol. The van der Waals surface area contributed by atoms with Crippen molar-refractivity contribution in [2.24, 2.45) is 11.7 Å². The third-order valence-electron chi connectivity index (χ3n) is 2.73. The normalized spacial score (nSPS) is 12.2. The second kappa shape index (κ2) is 5.53. The molecule has 18 heavy (non-hydrogen) atoms. The molecule has 1 aromatic carbocycles. The van der Waals surface area contributed by atoms with E-state index in [9.17, 15) is 9.59 Å². The van der Waals surface area contributed by atoms with Gasteiger partial charge in [0.15, 0.2) is 5.78 Å². The zero-order valence-corrected chi connectivity index (χ0v) is 10.9. The number of carbonyl (C=O) groups excluding carboxylic acids is 2. The molecule has 0 bridgehead atoms. The number of nitrogen functional groups attached to an aromatic ring is 1. The Morgan fingerprint density at radius 3 is 2.33 bits per heavy atom. The van der Waals surface area contributed by atoms with Gasteiger partial charge in [0.25, 0.3) is 0 Å². The lowest BCUT2D eigenvalue weighted by Crippen LogP contribution is -2.39. The van der Waals surface area contributed by atoms with Crippen molar-refractivity contribution >= 4 is 23.1 Å². The number of anilines is 2.